The second kappa shape index (κ2) is 14.1. The fraction of sp³-hybridized carbons (Fsp3) is 0.261. The van der Waals surface area contributed by atoms with E-state index >= 15 is 0 Å². The van der Waals surface area contributed by atoms with Crippen LogP contribution in [0.25, 0.3) is 10.8 Å². The molecule has 48 heavy (non-hydrogen) atoms. The van der Waals surface area contributed by atoms with Gasteiger partial charge in [-0.15, -0.1) is 0 Å². The second-order valence-corrected chi connectivity index (χ2v) is 14.3. The number of hydrogen-bond donors (Lipinski definition) is 0. The molecule has 0 unspecified atom stereocenters. The van der Waals surface area contributed by atoms with E-state index in [-0.39, 0.29) is 0 Å². The van der Waals surface area contributed by atoms with Crippen molar-refractivity contribution < 1.29 is 0 Å². The molecule has 0 aliphatic carbocycles. The Labute approximate surface area is 288 Å². The second-order valence-electron chi connectivity index (χ2n) is 14.3. The Morgan fingerprint density at radius 1 is 0.312 bits per heavy atom. The van der Waals surface area contributed by atoms with Crippen molar-refractivity contribution in [3.63, 3.8) is 0 Å². The van der Waals surface area contributed by atoms with Crippen LogP contribution in [0, 0.1) is 0 Å². The highest BCUT2D eigenvalue weighted by Crippen LogP contribution is 2.48. The molecule has 0 heterocycles. The number of anilines is 6. The molecule has 0 radical (unpaired) electrons. The fourth-order valence-electron chi connectivity index (χ4n) is 6.46. The Hall–Kier alpha value is -4.82. The van der Waals surface area contributed by atoms with Crippen LogP contribution in [-0.4, -0.2) is 0 Å². The minimum atomic E-state index is 0.465. The summed E-state index contributed by atoms with van der Waals surface area (Å²) in [5, 5.41) is 2.42. The van der Waals surface area contributed by atoms with Crippen LogP contribution < -0.4 is 9.80 Å². The van der Waals surface area contributed by atoms with Crippen molar-refractivity contribution in [2.75, 3.05) is 9.80 Å². The highest BCUT2D eigenvalue weighted by atomic mass is 15.2. The molecule has 0 bridgehead atoms. The summed E-state index contributed by atoms with van der Waals surface area (Å²) in [6, 6.07) is 50.0. The zero-order valence-electron chi connectivity index (χ0n) is 29.9. The fourth-order valence-corrected chi connectivity index (χ4v) is 6.46. The number of hydrogen-bond acceptors (Lipinski definition) is 2. The van der Waals surface area contributed by atoms with E-state index in [1.165, 1.54) is 33.0 Å². The monoisotopic (exact) mass is 630 g/mol. The van der Waals surface area contributed by atoms with Gasteiger partial charge in [0.15, 0.2) is 0 Å². The molecule has 6 rings (SSSR count). The van der Waals surface area contributed by atoms with E-state index in [9.17, 15) is 0 Å². The van der Waals surface area contributed by atoms with Gasteiger partial charge in [0.2, 0.25) is 0 Å². The molecule has 0 atom stereocenters. The predicted molar refractivity (Wildman–Crippen MR) is 210 cm³/mol. The molecule has 0 N–H and O–H groups in total. The SMILES string of the molecule is CC(C)c1ccc(N(c2ccc(C(C)C)cc2)c2cc3ccccc3cc2N(c2ccc(C(C)C)cc2)c2ccc(C(C)C)cc2)cc1. The van der Waals surface area contributed by atoms with Gasteiger partial charge in [0.25, 0.3) is 0 Å². The highest BCUT2D eigenvalue weighted by molar-refractivity contribution is 6.00. The van der Waals surface area contributed by atoms with E-state index < -0.39 is 0 Å². The lowest BCUT2D eigenvalue weighted by Gasteiger charge is -2.34. The molecule has 0 spiro atoms. The summed E-state index contributed by atoms with van der Waals surface area (Å²) in [5.74, 6) is 1.86. The smallest absolute Gasteiger partial charge is 0.0708 e. The van der Waals surface area contributed by atoms with Crippen LogP contribution in [0.5, 0.6) is 0 Å². The molecule has 0 fully saturated rings. The summed E-state index contributed by atoms with van der Waals surface area (Å²) >= 11 is 0. The maximum atomic E-state index is 2.44. The Morgan fingerprint density at radius 3 is 0.750 bits per heavy atom. The van der Waals surface area contributed by atoms with Gasteiger partial charge < -0.3 is 9.80 Å². The minimum absolute atomic E-state index is 0.465. The van der Waals surface area contributed by atoms with E-state index in [4.69, 9.17) is 0 Å². The molecular formula is C46H50N2. The summed E-state index contributed by atoms with van der Waals surface area (Å²) in [6.45, 7) is 18.0. The average molecular weight is 631 g/mol. The van der Waals surface area contributed by atoms with Crippen LogP contribution in [0.2, 0.25) is 0 Å². The van der Waals surface area contributed by atoms with Crippen LogP contribution in [0.4, 0.5) is 34.1 Å². The molecule has 2 heteroatoms. The standard InChI is InChI=1S/C46H50N2/c1-31(2)35-13-21-41(22-14-35)47(42-23-15-36(16-24-42)32(3)4)45-29-39-11-9-10-12-40(39)30-46(45)48(43-25-17-37(18-26-43)33(5)6)44-27-19-38(20-28-44)34(7)8/h9-34H,1-8H3. The molecule has 0 aromatic heterocycles. The third-order valence-electron chi connectivity index (χ3n) is 9.60. The van der Waals surface area contributed by atoms with E-state index in [0.29, 0.717) is 23.7 Å². The Morgan fingerprint density at radius 2 is 0.542 bits per heavy atom. The highest BCUT2D eigenvalue weighted by Gasteiger charge is 2.24. The number of rotatable bonds is 10. The summed E-state index contributed by atoms with van der Waals surface area (Å²) in [4.78, 5) is 4.88. The third kappa shape index (κ3) is 6.90. The lowest BCUT2D eigenvalue weighted by atomic mass is 9.99. The topological polar surface area (TPSA) is 6.48 Å². The molecule has 0 aliphatic heterocycles. The maximum absolute atomic E-state index is 2.44. The van der Waals surface area contributed by atoms with E-state index in [1.54, 1.807) is 0 Å². The lowest BCUT2D eigenvalue weighted by molar-refractivity contribution is 0.865. The van der Waals surface area contributed by atoms with Gasteiger partial charge in [-0.1, -0.05) is 128 Å². The number of benzene rings is 6. The predicted octanol–water partition coefficient (Wildman–Crippen LogP) is 14.3. The van der Waals surface area contributed by atoms with Crippen molar-refractivity contribution in [2.45, 2.75) is 79.1 Å². The third-order valence-corrected chi connectivity index (χ3v) is 9.60. The van der Waals surface area contributed by atoms with Crippen LogP contribution >= 0.6 is 0 Å². The molecule has 0 saturated heterocycles. The first-order valence-electron chi connectivity index (χ1n) is 17.6. The first-order chi connectivity index (χ1) is 23.1. The van der Waals surface area contributed by atoms with Gasteiger partial charge in [-0.05, 0) is 117 Å². The molecule has 0 saturated carbocycles. The molecule has 0 aliphatic rings. The van der Waals surface area contributed by atoms with Crippen LogP contribution in [0.15, 0.2) is 133 Å². The van der Waals surface area contributed by atoms with Crippen molar-refractivity contribution in [3.05, 3.63) is 156 Å². The zero-order valence-corrected chi connectivity index (χ0v) is 29.9. The summed E-state index contributed by atoms with van der Waals surface area (Å²) < 4.78 is 0. The van der Waals surface area contributed by atoms with Crippen molar-refractivity contribution >= 4 is 44.9 Å². The van der Waals surface area contributed by atoms with Gasteiger partial charge in [-0.3, -0.25) is 0 Å². The zero-order chi connectivity index (χ0) is 33.9. The summed E-state index contributed by atoms with van der Waals surface area (Å²) in [5.41, 5.74) is 12.2. The van der Waals surface area contributed by atoms with Crippen LogP contribution in [0.1, 0.15) is 101 Å². The minimum Gasteiger partial charge on any atom is -0.308 e. The first kappa shape index (κ1) is 33.1. The molecule has 0 amide bonds. The Kier molecular flexibility index (Phi) is 9.73. The number of nitrogens with zero attached hydrogens (tertiary/aromatic N) is 2. The van der Waals surface area contributed by atoms with Crippen molar-refractivity contribution in [2.24, 2.45) is 0 Å². The van der Waals surface area contributed by atoms with Crippen LogP contribution in [-0.2, 0) is 0 Å². The van der Waals surface area contributed by atoms with Gasteiger partial charge in [-0.25, -0.2) is 0 Å². The van der Waals surface area contributed by atoms with E-state index in [0.717, 1.165) is 34.1 Å². The average Bonchev–Trinajstić information content (AvgIpc) is 3.09. The maximum Gasteiger partial charge on any atom is 0.0708 e. The largest absolute Gasteiger partial charge is 0.308 e. The Balaban J connectivity index is 1.64. The molecular weight excluding hydrogens is 581 g/mol. The van der Waals surface area contributed by atoms with Crippen molar-refractivity contribution in [3.8, 4) is 0 Å². The Bertz CT molecular complexity index is 1700. The molecule has 6 aromatic rings. The van der Waals surface area contributed by atoms with Gasteiger partial charge in [0, 0.05) is 22.7 Å². The summed E-state index contributed by atoms with van der Waals surface area (Å²) in [6.07, 6.45) is 0. The van der Waals surface area contributed by atoms with Crippen LogP contribution in [0.3, 0.4) is 0 Å². The van der Waals surface area contributed by atoms with Gasteiger partial charge in [-0.2, -0.15) is 0 Å². The van der Waals surface area contributed by atoms with Gasteiger partial charge in [0.1, 0.15) is 0 Å². The normalized spacial score (nSPS) is 11.7. The van der Waals surface area contributed by atoms with Gasteiger partial charge >= 0.3 is 0 Å². The lowest BCUT2D eigenvalue weighted by Crippen LogP contribution is -2.17. The molecule has 6 aromatic carbocycles. The quantitative estimate of drug-likeness (QED) is 0.149. The van der Waals surface area contributed by atoms with E-state index in [2.05, 4.69) is 199 Å². The van der Waals surface area contributed by atoms with Gasteiger partial charge in [0.05, 0.1) is 11.4 Å². The van der Waals surface area contributed by atoms with E-state index in [1.807, 2.05) is 0 Å². The summed E-state index contributed by atoms with van der Waals surface area (Å²) in [7, 11) is 0. The number of fused-ring (bicyclic) bond motifs is 1. The molecule has 2 nitrogen and oxygen atoms in total. The molecule has 244 valence electrons. The van der Waals surface area contributed by atoms with Crippen molar-refractivity contribution in [1.82, 2.24) is 0 Å². The van der Waals surface area contributed by atoms with Crippen molar-refractivity contribution in [1.29, 1.82) is 0 Å². The first-order valence-corrected chi connectivity index (χ1v) is 17.6.